The van der Waals surface area contributed by atoms with Crippen LogP contribution in [0, 0.1) is 13.8 Å². The van der Waals surface area contributed by atoms with Crippen molar-refractivity contribution in [3.8, 4) is 0 Å². The molecule has 2 aliphatic rings. The van der Waals surface area contributed by atoms with Crippen LogP contribution >= 0.6 is 0 Å². The fourth-order valence-electron chi connectivity index (χ4n) is 4.40. The van der Waals surface area contributed by atoms with Gasteiger partial charge in [0.15, 0.2) is 5.65 Å². The van der Waals surface area contributed by atoms with Crippen LogP contribution in [0.5, 0.6) is 0 Å². The van der Waals surface area contributed by atoms with Crippen LogP contribution in [0.25, 0.3) is 16.7 Å². The van der Waals surface area contributed by atoms with E-state index in [1.54, 1.807) is 0 Å². The molecule has 1 saturated heterocycles. The molecule has 4 aromatic rings. The smallest absolute Gasteiger partial charge is 0.230 e. The highest BCUT2D eigenvalue weighted by atomic mass is 15.4. The van der Waals surface area contributed by atoms with E-state index in [1.807, 2.05) is 10.7 Å². The van der Waals surface area contributed by atoms with Crippen LogP contribution in [0.4, 0.5) is 11.9 Å². The second-order valence-corrected chi connectivity index (χ2v) is 9.24. The summed E-state index contributed by atoms with van der Waals surface area (Å²) in [4.78, 5) is 22.7. The Morgan fingerprint density at radius 1 is 1.03 bits per heavy atom. The summed E-state index contributed by atoms with van der Waals surface area (Å²) in [6.45, 7) is 8.68. The molecule has 6 rings (SSSR count). The average molecular weight is 432 g/mol. The number of imidazole rings is 1. The van der Waals surface area contributed by atoms with Crippen LogP contribution in [0.1, 0.15) is 41.3 Å². The van der Waals surface area contributed by atoms with Gasteiger partial charge in [0, 0.05) is 31.7 Å². The van der Waals surface area contributed by atoms with Gasteiger partial charge in [-0.15, -0.1) is 0 Å². The second-order valence-electron chi connectivity index (χ2n) is 9.24. The lowest BCUT2D eigenvalue weighted by Gasteiger charge is -2.32. The molecule has 9 heteroatoms. The van der Waals surface area contributed by atoms with Gasteiger partial charge in [-0.3, -0.25) is 0 Å². The molecule has 1 saturated carbocycles. The highest BCUT2D eigenvalue weighted by Crippen LogP contribution is 2.42. The first-order valence-electron chi connectivity index (χ1n) is 11.4. The molecular formula is C23H29N9. The van der Waals surface area contributed by atoms with E-state index in [2.05, 4.69) is 58.2 Å². The molecule has 1 aliphatic heterocycles. The minimum absolute atomic E-state index is 0.541. The molecule has 0 atom stereocenters. The molecule has 0 spiro atoms. The van der Waals surface area contributed by atoms with Gasteiger partial charge in [-0.25, -0.2) is 4.98 Å². The van der Waals surface area contributed by atoms with Crippen molar-refractivity contribution >= 4 is 28.6 Å². The molecule has 0 unspecified atom stereocenters. The lowest BCUT2D eigenvalue weighted by molar-refractivity contribution is 0.311. The summed E-state index contributed by atoms with van der Waals surface area (Å²) in [5, 5.41) is 8.10. The monoisotopic (exact) mass is 431 g/mol. The Labute approximate surface area is 186 Å². The molecule has 1 aromatic carbocycles. The average Bonchev–Trinajstić information content (AvgIpc) is 3.42. The third-order valence-electron chi connectivity index (χ3n) is 6.75. The van der Waals surface area contributed by atoms with E-state index in [0.29, 0.717) is 18.4 Å². The van der Waals surface area contributed by atoms with Gasteiger partial charge in [-0.05, 0) is 62.9 Å². The first-order valence-corrected chi connectivity index (χ1v) is 11.4. The molecule has 32 heavy (non-hydrogen) atoms. The first kappa shape index (κ1) is 19.5. The van der Waals surface area contributed by atoms with Crippen LogP contribution in [-0.4, -0.2) is 67.7 Å². The Bertz CT molecular complexity index is 1250. The topological polar surface area (TPSA) is 90.3 Å². The number of nitrogens with one attached hydrogen (secondary N) is 2. The summed E-state index contributed by atoms with van der Waals surface area (Å²) in [7, 11) is 2.16. The number of aromatic nitrogens is 6. The van der Waals surface area contributed by atoms with Crippen molar-refractivity contribution in [2.75, 3.05) is 43.4 Å². The highest BCUT2D eigenvalue weighted by Gasteiger charge is 2.29. The predicted octanol–water partition coefficient (Wildman–Crippen LogP) is 2.86. The Hall–Kier alpha value is -3.20. The predicted molar refractivity (Wildman–Crippen MR) is 125 cm³/mol. The zero-order valence-corrected chi connectivity index (χ0v) is 18.9. The number of hydrogen-bond acceptors (Lipinski definition) is 7. The lowest BCUT2D eigenvalue weighted by atomic mass is 10.1. The van der Waals surface area contributed by atoms with Crippen molar-refractivity contribution in [3.63, 3.8) is 0 Å². The number of hydrogen-bond donors (Lipinski definition) is 2. The summed E-state index contributed by atoms with van der Waals surface area (Å²) in [6, 6.07) is 4.29. The molecule has 0 radical (unpaired) electrons. The van der Waals surface area contributed by atoms with Crippen molar-refractivity contribution in [1.29, 1.82) is 0 Å². The number of aromatic amines is 1. The lowest BCUT2D eigenvalue weighted by Crippen LogP contribution is -2.45. The van der Waals surface area contributed by atoms with Gasteiger partial charge in [0.2, 0.25) is 11.9 Å². The van der Waals surface area contributed by atoms with Gasteiger partial charge in [0.05, 0.1) is 23.8 Å². The minimum atomic E-state index is 0.541. The van der Waals surface area contributed by atoms with E-state index in [0.717, 1.165) is 54.6 Å². The van der Waals surface area contributed by atoms with Crippen molar-refractivity contribution in [1.82, 2.24) is 34.4 Å². The number of anilines is 2. The zero-order chi connectivity index (χ0) is 21.8. The summed E-state index contributed by atoms with van der Waals surface area (Å²) in [5.74, 6) is 2.96. The first-order chi connectivity index (χ1) is 15.5. The Balaban J connectivity index is 1.33. The molecule has 0 bridgehead atoms. The van der Waals surface area contributed by atoms with Crippen molar-refractivity contribution < 1.29 is 0 Å². The van der Waals surface area contributed by atoms with Crippen molar-refractivity contribution in [3.05, 3.63) is 40.8 Å². The Kier molecular flexibility index (Phi) is 4.53. The molecule has 3 aromatic heterocycles. The van der Waals surface area contributed by atoms with Gasteiger partial charge < -0.3 is 20.1 Å². The Morgan fingerprint density at radius 3 is 2.59 bits per heavy atom. The summed E-state index contributed by atoms with van der Waals surface area (Å²) in [6.07, 6.45) is 4.40. The van der Waals surface area contributed by atoms with Gasteiger partial charge in [0.1, 0.15) is 5.82 Å². The molecule has 0 amide bonds. The summed E-state index contributed by atoms with van der Waals surface area (Å²) < 4.78 is 1.85. The number of aryl methyl sites for hydroxylation is 2. The third-order valence-corrected chi connectivity index (χ3v) is 6.75. The number of rotatable bonds is 5. The van der Waals surface area contributed by atoms with E-state index in [9.17, 15) is 0 Å². The number of benzene rings is 1. The molecule has 2 fully saturated rings. The summed E-state index contributed by atoms with van der Waals surface area (Å²) in [5.41, 5.74) is 6.73. The fourth-order valence-corrected chi connectivity index (χ4v) is 4.40. The van der Waals surface area contributed by atoms with Crippen LogP contribution in [-0.2, 0) is 6.54 Å². The standard InChI is InChI=1S/C23H29N9/c1-14-10-18-19(11-15(14)2)27-20(26-18)13-24-22-29-23(31-8-6-30(3)7-9-31)28-21-17(16-4-5-16)12-25-32(21)22/h10-12,16H,4-9,13H2,1-3H3,(H,26,27)(H,24,28,29). The minimum Gasteiger partial charge on any atom is -0.347 e. The van der Waals surface area contributed by atoms with E-state index in [-0.39, 0.29) is 0 Å². The maximum absolute atomic E-state index is 4.95. The van der Waals surface area contributed by atoms with Gasteiger partial charge in [-0.2, -0.15) is 19.6 Å². The van der Waals surface area contributed by atoms with Gasteiger partial charge in [-0.1, -0.05) is 0 Å². The molecule has 9 nitrogen and oxygen atoms in total. The van der Waals surface area contributed by atoms with Gasteiger partial charge in [0.25, 0.3) is 0 Å². The largest absolute Gasteiger partial charge is 0.347 e. The third kappa shape index (κ3) is 3.46. The van der Waals surface area contributed by atoms with Crippen molar-refractivity contribution in [2.24, 2.45) is 0 Å². The molecule has 2 N–H and O–H groups in total. The van der Waals surface area contributed by atoms with Crippen LogP contribution in [0.2, 0.25) is 0 Å². The number of H-pyrrole nitrogens is 1. The molecule has 166 valence electrons. The van der Waals surface area contributed by atoms with E-state index >= 15 is 0 Å². The quantitative estimate of drug-likeness (QED) is 0.502. The fraction of sp³-hybridized carbons (Fsp3) is 0.478. The highest BCUT2D eigenvalue weighted by molar-refractivity contribution is 5.77. The maximum Gasteiger partial charge on any atom is 0.230 e. The number of piperazine rings is 1. The van der Waals surface area contributed by atoms with E-state index < -0.39 is 0 Å². The van der Waals surface area contributed by atoms with Gasteiger partial charge >= 0.3 is 0 Å². The van der Waals surface area contributed by atoms with Crippen LogP contribution in [0.3, 0.4) is 0 Å². The van der Waals surface area contributed by atoms with E-state index in [4.69, 9.17) is 15.0 Å². The molecule has 4 heterocycles. The van der Waals surface area contributed by atoms with E-state index in [1.165, 1.54) is 29.5 Å². The van der Waals surface area contributed by atoms with Crippen LogP contribution in [0.15, 0.2) is 18.3 Å². The number of fused-ring (bicyclic) bond motifs is 2. The van der Waals surface area contributed by atoms with Crippen molar-refractivity contribution in [2.45, 2.75) is 39.2 Å². The number of likely N-dealkylation sites (N-methyl/N-ethyl adjacent to an activating group) is 1. The summed E-state index contributed by atoms with van der Waals surface area (Å²) >= 11 is 0. The SMILES string of the molecule is Cc1cc2nc(CNc3nc(N4CCN(C)CC4)nc4c(C5CC5)cnn34)[nH]c2cc1C. The zero-order valence-electron chi connectivity index (χ0n) is 18.9. The number of nitrogens with zero attached hydrogens (tertiary/aromatic N) is 7. The second kappa shape index (κ2) is 7.44. The molecular weight excluding hydrogens is 402 g/mol. The molecule has 1 aliphatic carbocycles. The maximum atomic E-state index is 4.95. The van der Waals surface area contributed by atoms with Crippen LogP contribution < -0.4 is 10.2 Å². The normalized spacial score (nSPS) is 17.5. The Morgan fingerprint density at radius 2 is 1.81 bits per heavy atom.